The minimum Gasteiger partial charge on any atom is -0.332 e. The maximum atomic E-state index is 12.7. The highest BCUT2D eigenvalue weighted by molar-refractivity contribution is 7.71. The number of fused-ring (bicyclic) bond motifs is 2. The van der Waals surface area contributed by atoms with Crippen molar-refractivity contribution in [3.63, 3.8) is 0 Å². The highest BCUT2D eigenvalue weighted by Gasteiger charge is 2.07. The smallest absolute Gasteiger partial charge is 0.262 e. The van der Waals surface area contributed by atoms with Crippen molar-refractivity contribution in [1.29, 1.82) is 0 Å². The Morgan fingerprint density at radius 2 is 1.11 bits per heavy atom. The fourth-order valence-corrected chi connectivity index (χ4v) is 3.76. The molecule has 0 saturated carbocycles. The van der Waals surface area contributed by atoms with Crippen molar-refractivity contribution < 1.29 is 0 Å². The van der Waals surface area contributed by atoms with Crippen LogP contribution in [0.3, 0.4) is 0 Å². The average molecular weight is 396 g/mol. The predicted molar refractivity (Wildman–Crippen MR) is 111 cm³/mol. The molecule has 2 aromatic heterocycles. The summed E-state index contributed by atoms with van der Waals surface area (Å²) in [5, 5.41) is 1.18. The number of hydrogen-bond acceptors (Lipinski definition) is 4. The van der Waals surface area contributed by atoms with Gasteiger partial charge < -0.3 is 9.97 Å². The van der Waals surface area contributed by atoms with E-state index in [0.717, 1.165) is 11.0 Å². The molecular weight excluding hydrogens is 380 g/mol. The molecule has 0 saturated heterocycles. The standard InChI is InChI=1S/C19H16N4O2S2/c24-16-12-6-1-3-8-14(12)20-18(26)22(16)10-5-11-23-17(25)13-7-2-4-9-15(13)21-19(23)27/h1-4,6-9H,5,10-11H2,(H,20,26)(H,21,27). The Bertz CT molecular complexity index is 1290. The van der Waals surface area contributed by atoms with E-state index in [1.165, 1.54) is 9.13 Å². The second kappa shape index (κ2) is 7.05. The number of nitrogens with zero attached hydrogens (tertiary/aromatic N) is 2. The lowest BCUT2D eigenvalue weighted by Gasteiger charge is -2.10. The molecule has 136 valence electrons. The number of aromatic amines is 2. The fourth-order valence-electron chi connectivity index (χ4n) is 3.19. The van der Waals surface area contributed by atoms with Gasteiger partial charge >= 0.3 is 0 Å². The van der Waals surface area contributed by atoms with E-state index in [4.69, 9.17) is 24.4 Å². The van der Waals surface area contributed by atoms with Gasteiger partial charge in [-0.1, -0.05) is 24.3 Å². The van der Waals surface area contributed by atoms with Crippen LogP contribution in [0.1, 0.15) is 6.42 Å². The van der Waals surface area contributed by atoms with Crippen LogP contribution in [0.15, 0.2) is 58.1 Å². The van der Waals surface area contributed by atoms with Gasteiger partial charge in [-0.3, -0.25) is 18.7 Å². The van der Waals surface area contributed by atoms with E-state index in [2.05, 4.69) is 9.97 Å². The molecule has 0 unspecified atom stereocenters. The van der Waals surface area contributed by atoms with Gasteiger partial charge in [0.1, 0.15) is 0 Å². The van der Waals surface area contributed by atoms with Gasteiger partial charge in [-0.2, -0.15) is 0 Å². The first-order valence-electron chi connectivity index (χ1n) is 8.50. The second-order valence-corrected chi connectivity index (χ2v) is 6.99. The lowest BCUT2D eigenvalue weighted by Crippen LogP contribution is -2.26. The topological polar surface area (TPSA) is 75.6 Å². The fraction of sp³-hybridized carbons (Fsp3) is 0.158. The van der Waals surface area contributed by atoms with E-state index in [1.54, 1.807) is 12.1 Å². The third-order valence-corrected chi connectivity index (χ3v) is 5.19. The Labute approximate surface area is 163 Å². The molecule has 0 bridgehead atoms. The van der Waals surface area contributed by atoms with E-state index in [-0.39, 0.29) is 11.1 Å². The molecule has 4 aromatic rings. The molecule has 4 rings (SSSR count). The summed E-state index contributed by atoms with van der Waals surface area (Å²) in [7, 11) is 0. The molecule has 0 aliphatic carbocycles. The lowest BCUT2D eigenvalue weighted by atomic mass is 10.2. The van der Waals surface area contributed by atoms with Crippen LogP contribution in [-0.2, 0) is 13.1 Å². The zero-order chi connectivity index (χ0) is 19.0. The number of hydrogen-bond donors (Lipinski definition) is 2. The zero-order valence-electron chi connectivity index (χ0n) is 14.3. The second-order valence-electron chi connectivity index (χ2n) is 6.22. The van der Waals surface area contributed by atoms with Crippen LogP contribution in [0.5, 0.6) is 0 Å². The monoisotopic (exact) mass is 396 g/mol. The summed E-state index contributed by atoms with van der Waals surface area (Å²) in [5.74, 6) is 0. The van der Waals surface area contributed by atoms with Crippen molar-refractivity contribution in [2.75, 3.05) is 0 Å². The third-order valence-electron chi connectivity index (χ3n) is 4.54. The SMILES string of the molecule is O=c1c2ccccc2[nH]c(=S)n1CCCn1c(=S)[nH]c2ccccc2c1=O. The Kier molecular flexibility index (Phi) is 4.59. The van der Waals surface area contributed by atoms with Gasteiger partial charge in [-0.15, -0.1) is 0 Å². The Balaban J connectivity index is 1.65. The van der Waals surface area contributed by atoms with Crippen molar-refractivity contribution in [2.45, 2.75) is 19.5 Å². The molecule has 6 nitrogen and oxygen atoms in total. The Hall–Kier alpha value is -2.84. The molecule has 0 fully saturated rings. The largest absolute Gasteiger partial charge is 0.332 e. The molecule has 0 aliphatic rings. The zero-order valence-corrected chi connectivity index (χ0v) is 15.9. The van der Waals surface area contributed by atoms with E-state index < -0.39 is 0 Å². The van der Waals surface area contributed by atoms with E-state index in [0.29, 0.717) is 39.8 Å². The summed E-state index contributed by atoms with van der Waals surface area (Å²) in [6, 6.07) is 14.5. The summed E-state index contributed by atoms with van der Waals surface area (Å²) in [5.41, 5.74) is 1.17. The minimum absolute atomic E-state index is 0.134. The van der Waals surface area contributed by atoms with Gasteiger partial charge in [0, 0.05) is 13.1 Å². The van der Waals surface area contributed by atoms with Crippen molar-refractivity contribution in [1.82, 2.24) is 19.1 Å². The van der Waals surface area contributed by atoms with Crippen molar-refractivity contribution >= 4 is 46.2 Å². The highest BCUT2D eigenvalue weighted by Crippen LogP contribution is 2.08. The summed E-state index contributed by atoms with van der Waals surface area (Å²) in [4.78, 5) is 31.5. The van der Waals surface area contributed by atoms with Crippen molar-refractivity contribution in [2.24, 2.45) is 0 Å². The normalized spacial score (nSPS) is 11.3. The first-order chi connectivity index (χ1) is 13.1. The molecule has 2 N–H and O–H groups in total. The number of nitrogens with one attached hydrogen (secondary N) is 2. The molecule has 8 heteroatoms. The summed E-state index contributed by atoms with van der Waals surface area (Å²) in [6.07, 6.45) is 0.547. The lowest BCUT2D eigenvalue weighted by molar-refractivity contribution is 0.531. The van der Waals surface area contributed by atoms with Crippen LogP contribution < -0.4 is 11.1 Å². The maximum Gasteiger partial charge on any atom is 0.262 e. The van der Waals surface area contributed by atoms with Gasteiger partial charge in [0.25, 0.3) is 11.1 Å². The highest BCUT2D eigenvalue weighted by atomic mass is 32.1. The quantitative estimate of drug-likeness (QED) is 0.518. The van der Waals surface area contributed by atoms with Crippen molar-refractivity contribution in [3.05, 3.63) is 78.8 Å². The first-order valence-corrected chi connectivity index (χ1v) is 9.31. The molecule has 2 heterocycles. The van der Waals surface area contributed by atoms with Gasteiger partial charge in [-0.05, 0) is 55.1 Å². The Morgan fingerprint density at radius 3 is 1.56 bits per heavy atom. The van der Waals surface area contributed by atoms with Gasteiger partial charge in [0.05, 0.1) is 21.8 Å². The van der Waals surface area contributed by atoms with Gasteiger partial charge in [0.15, 0.2) is 9.54 Å². The number of para-hydroxylation sites is 2. The predicted octanol–water partition coefficient (Wildman–Crippen LogP) is 3.52. The summed E-state index contributed by atoms with van der Waals surface area (Å²) >= 11 is 10.6. The van der Waals surface area contributed by atoms with Crippen LogP contribution in [0.4, 0.5) is 0 Å². The molecular formula is C19H16N4O2S2. The first kappa shape index (κ1) is 17.6. The molecule has 0 spiro atoms. The number of H-pyrrole nitrogens is 2. The molecule has 2 aromatic carbocycles. The average Bonchev–Trinajstić information content (AvgIpc) is 2.66. The van der Waals surface area contributed by atoms with Gasteiger partial charge in [-0.25, -0.2) is 0 Å². The Morgan fingerprint density at radius 1 is 0.704 bits per heavy atom. The third kappa shape index (κ3) is 3.17. The van der Waals surface area contributed by atoms with Gasteiger partial charge in [0.2, 0.25) is 0 Å². The number of aromatic nitrogens is 4. The van der Waals surface area contributed by atoms with Crippen LogP contribution in [0.25, 0.3) is 21.8 Å². The molecule has 0 radical (unpaired) electrons. The van der Waals surface area contributed by atoms with Crippen LogP contribution in [-0.4, -0.2) is 19.1 Å². The molecule has 0 aliphatic heterocycles. The van der Waals surface area contributed by atoms with E-state index in [1.807, 2.05) is 36.4 Å². The number of benzene rings is 2. The summed E-state index contributed by atoms with van der Waals surface area (Å²) < 4.78 is 3.79. The van der Waals surface area contributed by atoms with E-state index >= 15 is 0 Å². The van der Waals surface area contributed by atoms with Crippen molar-refractivity contribution in [3.8, 4) is 0 Å². The van der Waals surface area contributed by atoms with Crippen LogP contribution in [0, 0.1) is 9.54 Å². The van der Waals surface area contributed by atoms with E-state index in [9.17, 15) is 9.59 Å². The van der Waals surface area contributed by atoms with Crippen LogP contribution >= 0.6 is 24.4 Å². The molecule has 0 amide bonds. The number of rotatable bonds is 4. The molecule has 0 atom stereocenters. The molecule has 27 heavy (non-hydrogen) atoms. The maximum absolute atomic E-state index is 12.7. The van der Waals surface area contributed by atoms with Crippen LogP contribution in [0.2, 0.25) is 0 Å². The summed E-state index contributed by atoms with van der Waals surface area (Å²) in [6.45, 7) is 0.792. The minimum atomic E-state index is -0.134.